The van der Waals surface area contributed by atoms with Gasteiger partial charge in [0.2, 0.25) is 0 Å². The molecule has 0 aromatic rings. The molecule has 1 unspecified atom stereocenters. The Kier molecular flexibility index (Phi) is 9.52. The number of hydrogen-bond acceptors (Lipinski definition) is 3. The first-order valence-corrected chi connectivity index (χ1v) is 6.34. The Hall–Kier alpha value is 0.560. The second kappa shape index (κ2) is 9.13. The maximum Gasteiger partial charge on any atom is 0.0696 e. The van der Waals surface area contributed by atoms with Crippen LogP contribution in [0.25, 0.3) is 0 Å². The summed E-state index contributed by atoms with van der Waals surface area (Å²) in [4.78, 5) is 2.26. The summed E-state index contributed by atoms with van der Waals surface area (Å²) in [6.45, 7) is 2.66. The molecule has 1 atom stereocenters. The summed E-state index contributed by atoms with van der Waals surface area (Å²) in [5.74, 6) is 1.22. The van der Waals surface area contributed by atoms with Gasteiger partial charge in [0, 0.05) is 13.7 Å². The van der Waals surface area contributed by atoms with Gasteiger partial charge in [0.25, 0.3) is 0 Å². The van der Waals surface area contributed by atoms with Gasteiger partial charge >= 0.3 is 0 Å². The van der Waals surface area contributed by atoms with Crippen LogP contribution in [0.5, 0.6) is 0 Å². The molecule has 0 saturated carbocycles. The normalized spacial score (nSPS) is 13.6. The maximum atomic E-state index is 6.02. The second-order valence-corrected chi connectivity index (χ2v) is 4.76. The SMILES string of the molecule is COCC(Cl)CN(C)CCCSC. The van der Waals surface area contributed by atoms with Crippen LogP contribution in [0.3, 0.4) is 0 Å². The van der Waals surface area contributed by atoms with Gasteiger partial charge < -0.3 is 9.64 Å². The molecule has 13 heavy (non-hydrogen) atoms. The van der Waals surface area contributed by atoms with Crippen LogP contribution in [0.1, 0.15) is 6.42 Å². The first-order chi connectivity index (χ1) is 6.20. The summed E-state index contributed by atoms with van der Waals surface area (Å²) in [7, 11) is 3.79. The Labute approximate surface area is 91.0 Å². The molecule has 0 N–H and O–H groups in total. The molecule has 0 heterocycles. The zero-order valence-corrected chi connectivity index (χ0v) is 10.3. The van der Waals surface area contributed by atoms with Crippen molar-refractivity contribution >= 4 is 23.4 Å². The fourth-order valence-electron chi connectivity index (χ4n) is 1.14. The standard InChI is InChI=1S/C9H20ClNOS/c1-11(5-4-6-13-3)7-9(10)8-12-2/h9H,4-8H2,1-3H3. The van der Waals surface area contributed by atoms with E-state index in [1.807, 2.05) is 11.8 Å². The fourth-order valence-corrected chi connectivity index (χ4v) is 1.92. The van der Waals surface area contributed by atoms with Gasteiger partial charge in [-0.05, 0) is 32.0 Å². The van der Waals surface area contributed by atoms with E-state index in [1.54, 1.807) is 7.11 Å². The van der Waals surface area contributed by atoms with E-state index in [4.69, 9.17) is 16.3 Å². The van der Waals surface area contributed by atoms with Gasteiger partial charge in [-0.3, -0.25) is 0 Å². The van der Waals surface area contributed by atoms with Crippen molar-refractivity contribution < 1.29 is 4.74 Å². The highest BCUT2D eigenvalue weighted by Gasteiger charge is 2.07. The van der Waals surface area contributed by atoms with Crippen molar-refractivity contribution in [3.8, 4) is 0 Å². The summed E-state index contributed by atoms with van der Waals surface area (Å²) >= 11 is 7.91. The van der Waals surface area contributed by atoms with Crippen LogP contribution in [0.2, 0.25) is 0 Å². The van der Waals surface area contributed by atoms with Crippen LogP contribution in [-0.4, -0.2) is 56.1 Å². The van der Waals surface area contributed by atoms with Crippen molar-refractivity contribution in [2.45, 2.75) is 11.8 Å². The third-order valence-electron chi connectivity index (χ3n) is 1.75. The lowest BCUT2D eigenvalue weighted by Gasteiger charge is -2.19. The highest BCUT2D eigenvalue weighted by Crippen LogP contribution is 2.01. The first kappa shape index (κ1) is 13.6. The van der Waals surface area contributed by atoms with Gasteiger partial charge in [-0.1, -0.05) is 0 Å². The Bertz CT molecular complexity index is 116. The summed E-state index contributed by atoms with van der Waals surface area (Å²) < 4.78 is 4.97. The predicted molar refractivity (Wildman–Crippen MR) is 62.0 cm³/mol. The third kappa shape index (κ3) is 8.88. The number of halogens is 1. The summed E-state index contributed by atoms with van der Waals surface area (Å²) in [6, 6.07) is 0. The number of ether oxygens (including phenoxy) is 1. The molecule has 0 bridgehead atoms. The first-order valence-electron chi connectivity index (χ1n) is 4.51. The molecule has 80 valence electrons. The molecule has 0 aliphatic heterocycles. The van der Waals surface area contributed by atoms with Crippen LogP contribution >= 0.6 is 23.4 Å². The Morgan fingerprint density at radius 2 is 2.23 bits per heavy atom. The number of thioether (sulfide) groups is 1. The predicted octanol–water partition coefficient (Wildman–Crippen LogP) is 1.93. The molecule has 0 saturated heterocycles. The molecule has 0 radical (unpaired) electrons. The van der Waals surface area contributed by atoms with Crippen molar-refractivity contribution in [2.75, 3.05) is 45.9 Å². The molecule has 0 aliphatic rings. The average Bonchev–Trinajstić information content (AvgIpc) is 2.05. The van der Waals surface area contributed by atoms with Crippen molar-refractivity contribution in [3.63, 3.8) is 0 Å². The average molecular weight is 226 g/mol. The number of hydrogen-bond donors (Lipinski definition) is 0. The monoisotopic (exact) mass is 225 g/mol. The number of rotatable bonds is 8. The summed E-state index contributed by atoms with van der Waals surface area (Å²) in [5.41, 5.74) is 0. The van der Waals surface area contributed by atoms with Gasteiger partial charge in [0.05, 0.1) is 12.0 Å². The molecule has 0 rings (SSSR count). The lowest BCUT2D eigenvalue weighted by atomic mass is 10.3. The molecular formula is C9H20ClNOS. The van der Waals surface area contributed by atoms with Crippen LogP contribution in [0, 0.1) is 0 Å². The van der Waals surface area contributed by atoms with Crippen molar-refractivity contribution in [3.05, 3.63) is 0 Å². The zero-order chi connectivity index (χ0) is 10.1. The van der Waals surface area contributed by atoms with Gasteiger partial charge in [0.15, 0.2) is 0 Å². The molecule has 0 aliphatic carbocycles. The quantitative estimate of drug-likeness (QED) is 0.463. The summed E-state index contributed by atoms with van der Waals surface area (Å²) in [5, 5.41) is 0.115. The maximum absolute atomic E-state index is 6.02. The molecule has 0 aromatic heterocycles. The van der Waals surface area contributed by atoms with Gasteiger partial charge in [-0.15, -0.1) is 11.6 Å². The van der Waals surface area contributed by atoms with E-state index < -0.39 is 0 Å². The number of methoxy groups -OCH3 is 1. The number of alkyl halides is 1. The van der Waals surface area contributed by atoms with Crippen LogP contribution in [-0.2, 0) is 4.74 Å². The Morgan fingerprint density at radius 1 is 1.54 bits per heavy atom. The van der Waals surface area contributed by atoms with Gasteiger partial charge in [-0.2, -0.15) is 11.8 Å². The van der Waals surface area contributed by atoms with E-state index in [2.05, 4.69) is 18.2 Å². The highest BCUT2D eigenvalue weighted by molar-refractivity contribution is 7.98. The minimum atomic E-state index is 0.115. The van der Waals surface area contributed by atoms with Crippen LogP contribution in [0.15, 0.2) is 0 Å². The van der Waals surface area contributed by atoms with E-state index in [9.17, 15) is 0 Å². The van der Waals surface area contributed by atoms with Crippen LogP contribution in [0.4, 0.5) is 0 Å². The van der Waals surface area contributed by atoms with Crippen LogP contribution < -0.4 is 0 Å². The van der Waals surface area contributed by atoms with E-state index in [-0.39, 0.29) is 5.38 Å². The van der Waals surface area contributed by atoms with Crippen molar-refractivity contribution in [2.24, 2.45) is 0 Å². The van der Waals surface area contributed by atoms with E-state index >= 15 is 0 Å². The molecule has 2 nitrogen and oxygen atoms in total. The minimum absolute atomic E-state index is 0.115. The lowest BCUT2D eigenvalue weighted by Crippen LogP contribution is -2.29. The largest absolute Gasteiger partial charge is 0.383 e. The molecule has 0 amide bonds. The van der Waals surface area contributed by atoms with E-state index in [1.165, 1.54) is 12.2 Å². The molecule has 0 aromatic carbocycles. The Morgan fingerprint density at radius 3 is 2.77 bits per heavy atom. The van der Waals surface area contributed by atoms with E-state index in [0.29, 0.717) is 6.61 Å². The molecule has 4 heteroatoms. The van der Waals surface area contributed by atoms with E-state index in [0.717, 1.165) is 13.1 Å². The van der Waals surface area contributed by atoms with Crippen molar-refractivity contribution in [1.82, 2.24) is 4.90 Å². The van der Waals surface area contributed by atoms with Gasteiger partial charge in [0.1, 0.15) is 0 Å². The fraction of sp³-hybridized carbons (Fsp3) is 1.00. The topological polar surface area (TPSA) is 12.5 Å². The molecule has 0 fully saturated rings. The summed E-state index contributed by atoms with van der Waals surface area (Å²) in [6.07, 6.45) is 3.36. The number of nitrogens with zero attached hydrogens (tertiary/aromatic N) is 1. The highest BCUT2D eigenvalue weighted by atomic mass is 35.5. The minimum Gasteiger partial charge on any atom is -0.383 e. The van der Waals surface area contributed by atoms with Crippen molar-refractivity contribution in [1.29, 1.82) is 0 Å². The zero-order valence-electron chi connectivity index (χ0n) is 8.75. The Balaban J connectivity index is 3.32. The lowest BCUT2D eigenvalue weighted by molar-refractivity contribution is 0.182. The second-order valence-electron chi connectivity index (χ2n) is 3.16. The smallest absolute Gasteiger partial charge is 0.0696 e. The third-order valence-corrected chi connectivity index (χ3v) is 2.71. The molecule has 0 spiro atoms. The molecular weight excluding hydrogens is 206 g/mol. The van der Waals surface area contributed by atoms with Gasteiger partial charge in [-0.25, -0.2) is 0 Å².